The van der Waals surface area contributed by atoms with Gasteiger partial charge in [-0.3, -0.25) is 4.79 Å². The highest BCUT2D eigenvalue weighted by Crippen LogP contribution is 2.42. The van der Waals surface area contributed by atoms with Gasteiger partial charge in [-0.25, -0.2) is 4.68 Å². The van der Waals surface area contributed by atoms with Crippen LogP contribution in [0, 0.1) is 19.8 Å². The minimum Gasteiger partial charge on any atom is -0.481 e. The Morgan fingerprint density at radius 3 is 2.85 bits per heavy atom. The Kier molecular flexibility index (Phi) is 3.04. The number of tetrazole rings is 1. The van der Waals surface area contributed by atoms with Crippen molar-refractivity contribution in [2.24, 2.45) is 5.92 Å². The average molecular weight is 276 g/mol. The second-order valence-corrected chi connectivity index (χ2v) is 5.28. The van der Waals surface area contributed by atoms with Crippen molar-refractivity contribution < 1.29 is 14.3 Å². The van der Waals surface area contributed by atoms with Crippen molar-refractivity contribution in [3.8, 4) is 11.4 Å². The van der Waals surface area contributed by atoms with Gasteiger partial charge >= 0.3 is 5.97 Å². The van der Waals surface area contributed by atoms with E-state index in [2.05, 4.69) is 15.5 Å². The number of nitrogens with zero attached hydrogens (tertiary/aromatic N) is 4. The van der Waals surface area contributed by atoms with Crippen molar-refractivity contribution in [3.63, 3.8) is 0 Å². The molecule has 0 bridgehead atoms. The molecule has 0 amide bonds. The number of hydrogen-bond acceptors (Lipinski definition) is 5. The topological polar surface area (TPSA) is 94.0 Å². The van der Waals surface area contributed by atoms with Gasteiger partial charge < -0.3 is 9.52 Å². The summed E-state index contributed by atoms with van der Waals surface area (Å²) in [4.78, 5) is 11.1. The van der Waals surface area contributed by atoms with Crippen LogP contribution in [0.25, 0.3) is 11.4 Å². The summed E-state index contributed by atoms with van der Waals surface area (Å²) in [6.07, 6.45) is 2.10. The summed E-state index contributed by atoms with van der Waals surface area (Å²) in [5.41, 5.74) is 0.823. The summed E-state index contributed by atoms with van der Waals surface area (Å²) in [7, 11) is 0. The van der Waals surface area contributed by atoms with Gasteiger partial charge in [0.15, 0.2) is 5.82 Å². The fraction of sp³-hybridized carbons (Fsp3) is 0.538. The molecule has 0 aromatic carbocycles. The van der Waals surface area contributed by atoms with E-state index in [9.17, 15) is 4.79 Å². The van der Waals surface area contributed by atoms with E-state index in [4.69, 9.17) is 9.52 Å². The third-order valence-electron chi connectivity index (χ3n) is 3.64. The number of hydrogen-bond donors (Lipinski definition) is 1. The predicted molar refractivity (Wildman–Crippen MR) is 69.0 cm³/mol. The molecule has 2 aromatic rings. The molecule has 0 spiro atoms. The highest BCUT2D eigenvalue weighted by Gasteiger charge is 2.36. The first kappa shape index (κ1) is 12.8. The Balaban J connectivity index is 2.00. The van der Waals surface area contributed by atoms with Crippen molar-refractivity contribution in [2.75, 3.05) is 0 Å². The summed E-state index contributed by atoms with van der Waals surface area (Å²) in [5.74, 6) is 1.62. The first-order valence-electron chi connectivity index (χ1n) is 6.63. The van der Waals surface area contributed by atoms with E-state index in [0.29, 0.717) is 11.7 Å². The van der Waals surface area contributed by atoms with Crippen LogP contribution in [-0.4, -0.2) is 31.3 Å². The Hall–Kier alpha value is -2.18. The minimum atomic E-state index is -0.830. The van der Waals surface area contributed by atoms with Crippen LogP contribution in [-0.2, 0) is 4.79 Å². The SMILES string of the molecule is Cc1cc(-c2nnnn2C(CC(=O)O)C2CC2)c(C)o1. The second-order valence-electron chi connectivity index (χ2n) is 5.28. The molecule has 1 atom stereocenters. The largest absolute Gasteiger partial charge is 0.481 e. The molecular weight excluding hydrogens is 260 g/mol. The van der Waals surface area contributed by atoms with E-state index in [-0.39, 0.29) is 12.5 Å². The van der Waals surface area contributed by atoms with Gasteiger partial charge in [0.25, 0.3) is 0 Å². The van der Waals surface area contributed by atoms with Gasteiger partial charge in [0.05, 0.1) is 18.0 Å². The van der Waals surface area contributed by atoms with Gasteiger partial charge in [0, 0.05) is 0 Å². The van der Waals surface area contributed by atoms with Gasteiger partial charge in [0.2, 0.25) is 0 Å². The zero-order valence-electron chi connectivity index (χ0n) is 11.4. The van der Waals surface area contributed by atoms with Crippen LogP contribution in [0.2, 0.25) is 0 Å². The highest BCUT2D eigenvalue weighted by atomic mass is 16.4. The number of furan rings is 1. The van der Waals surface area contributed by atoms with Crippen LogP contribution in [0.15, 0.2) is 10.5 Å². The average Bonchev–Trinajstić information content (AvgIpc) is 3.00. The third kappa shape index (κ3) is 2.31. The van der Waals surface area contributed by atoms with Gasteiger partial charge in [-0.15, -0.1) is 5.10 Å². The summed E-state index contributed by atoms with van der Waals surface area (Å²) < 4.78 is 7.15. The fourth-order valence-corrected chi connectivity index (χ4v) is 2.56. The highest BCUT2D eigenvalue weighted by molar-refractivity contribution is 5.67. The van der Waals surface area contributed by atoms with E-state index in [1.165, 1.54) is 0 Å². The summed E-state index contributed by atoms with van der Waals surface area (Å²) in [6.45, 7) is 3.71. The molecule has 1 aliphatic rings. The molecule has 1 N–H and O–H groups in total. The molecule has 0 saturated heterocycles. The number of carbonyl (C=O) groups is 1. The molecule has 1 aliphatic carbocycles. The lowest BCUT2D eigenvalue weighted by Crippen LogP contribution is -2.18. The predicted octanol–water partition coefficient (Wildman–Crippen LogP) is 1.98. The smallest absolute Gasteiger partial charge is 0.305 e. The zero-order chi connectivity index (χ0) is 14.3. The molecule has 1 saturated carbocycles. The summed E-state index contributed by atoms with van der Waals surface area (Å²) >= 11 is 0. The van der Waals surface area contributed by atoms with Crippen molar-refractivity contribution in [1.29, 1.82) is 0 Å². The Labute approximate surface area is 115 Å². The minimum absolute atomic E-state index is 0.0403. The zero-order valence-corrected chi connectivity index (χ0v) is 11.4. The van der Waals surface area contributed by atoms with Crippen LogP contribution in [0.3, 0.4) is 0 Å². The fourth-order valence-electron chi connectivity index (χ4n) is 2.56. The maximum absolute atomic E-state index is 11.1. The molecular formula is C13H16N4O3. The van der Waals surface area contributed by atoms with Crippen molar-refractivity contribution in [3.05, 3.63) is 17.6 Å². The summed E-state index contributed by atoms with van der Waals surface area (Å²) in [5, 5.41) is 20.9. The molecule has 3 rings (SSSR count). The third-order valence-corrected chi connectivity index (χ3v) is 3.64. The maximum atomic E-state index is 11.1. The van der Waals surface area contributed by atoms with Crippen molar-refractivity contribution in [2.45, 2.75) is 39.2 Å². The van der Waals surface area contributed by atoms with Crippen LogP contribution < -0.4 is 0 Å². The van der Waals surface area contributed by atoms with E-state index >= 15 is 0 Å². The van der Waals surface area contributed by atoms with E-state index in [1.807, 2.05) is 19.9 Å². The molecule has 20 heavy (non-hydrogen) atoms. The first-order valence-corrected chi connectivity index (χ1v) is 6.63. The molecule has 2 heterocycles. The monoisotopic (exact) mass is 276 g/mol. The molecule has 106 valence electrons. The molecule has 1 fully saturated rings. The van der Waals surface area contributed by atoms with Gasteiger partial charge in [-0.2, -0.15) is 0 Å². The van der Waals surface area contributed by atoms with Crippen LogP contribution >= 0.6 is 0 Å². The standard InChI is InChI=1S/C13H16N4O3/c1-7-5-10(8(2)20-7)13-14-15-16-17(13)11(6-12(18)19)9-3-4-9/h5,9,11H,3-4,6H2,1-2H3,(H,18,19). The lowest BCUT2D eigenvalue weighted by molar-refractivity contribution is -0.138. The van der Waals surface area contributed by atoms with E-state index < -0.39 is 5.97 Å². The number of aryl methyl sites for hydroxylation is 2. The van der Waals surface area contributed by atoms with Crippen molar-refractivity contribution in [1.82, 2.24) is 20.2 Å². The van der Waals surface area contributed by atoms with E-state index in [0.717, 1.165) is 29.9 Å². The molecule has 7 nitrogen and oxygen atoms in total. The molecule has 0 aliphatic heterocycles. The van der Waals surface area contributed by atoms with Gasteiger partial charge in [-0.05, 0) is 49.1 Å². The lowest BCUT2D eigenvalue weighted by Gasteiger charge is -2.15. The summed E-state index contributed by atoms with van der Waals surface area (Å²) in [6, 6.07) is 1.69. The number of carboxylic acids is 1. The Morgan fingerprint density at radius 1 is 1.55 bits per heavy atom. The molecule has 1 unspecified atom stereocenters. The normalized spacial score (nSPS) is 16.3. The van der Waals surface area contributed by atoms with Crippen LogP contribution in [0.5, 0.6) is 0 Å². The van der Waals surface area contributed by atoms with Crippen molar-refractivity contribution >= 4 is 5.97 Å². The van der Waals surface area contributed by atoms with E-state index in [1.54, 1.807) is 4.68 Å². The quantitative estimate of drug-likeness (QED) is 0.897. The second kappa shape index (κ2) is 4.73. The Bertz CT molecular complexity index is 642. The number of carboxylic acid groups (broad SMARTS) is 1. The first-order chi connectivity index (χ1) is 9.56. The maximum Gasteiger partial charge on any atom is 0.305 e. The van der Waals surface area contributed by atoms with Gasteiger partial charge in [0.1, 0.15) is 11.5 Å². The lowest BCUT2D eigenvalue weighted by atomic mass is 10.1. The van der Waals surface area contributed by atoms with Crippen LogP contribution in [0.4, 0.5) is 0 Å². The molecule has 0 radical (unpaired) electrons. The number of rotatable bonds is 5. The molecule has 7 heteroatoms. The molecule has 2 aromatic heterocycles. The van der Waals surface area contributed by atoms with Crippen LogP contribution in [0.1, 0.15) is 36.8 Å². The Morgan fingerprint density at radius 2 is 2.30 bits per heavy atom. The number of aliphatic carboxylic acids is 1. The number of aromatic nitrogens is 4. The van der Waals surface area contributed by atoms with Gasteiger partial charge in [-0.1, -0.05) is 0 Å².